The normalized spacial score (nSPS) is 8.88. The van der Waals surface area contributed by atoms with Gasteiger partial charge in [0.05, 0.1) is 0 Å². The molecule has 0 bridgehead atoms. The van der Waals surface area contributed by atoms with Gasteiger partial charge < -0.3 is 0 Å². The topological polar surface area (TPSA) is 20.2 Å². The van der Waals surface area contributed by atoms with Gasteiger partial charge in [0, 0.05) is 0 Å². The first-order chi connectivity index (χ1) is 3.80. The molecule has 1 nitrogen and oxygen atoms in total. The number of benzene rings is 1. The number of hydrogen-bond donors (Lipinski definition) is 1. The summed E-state index contributed by atoms with van der Waals surface area (Å²) in [5.41, 5.74) is 0. The number of para-hydroxylation sites is 1. The molecule has 0 fully saturated rings. The van der Waals surface area contributed by atoms with Crippen molar-refractivity contribution in [3.05, 3.63) is 24.3 Å². The zero-order chi connectivity index (χ0) is 5.98. The quantitative estimate of drug-likeness (QED) is 0.625. The Hall–Kier alpha value is -0.0969. The van der Waals surface area contributed by atoms with Gasteiger partial charge in [-0.25, -0.2) is 0 Å². The van der Waals surface area contributed by atoms with Crippen molar-refractivity contribution in [3.63, 3.8) is 0 Å². The standard InChI is InChI=1S/C6H5O.Zr/c7-6-4-2-1-3-5-6;/h1-4,7H;. The van der Waals surface area contributed by atoms with Gasteiger partial charge in [-0.05, 0) is 0 Å². The van der Waals surface area contributed by atoms with Crippen LogP contribution in [-0.4, -0.2) is 5.11 Å². The molecule has 8 heavy (non-hydrogen) atoms. The average Bonchev–Trinajstić information content (AvgIpc) is 1.77. The molecule has 1 aromatic rings. The van der Waals surface area contributed by atoms with Crippen LogP contribution in [0.2, 0.25) is 0 Å². The Morgan fingerprint density at radius 3 is 2.25 bits per heavy atom. The molecule has 0 atom stereocenters. The molecule has 0 aliphatic heterocycles. The predicted octanol–water partition coefficient (Wildman–Crippen LogP) is 0.564. The van der Waals surface area contributed by atoms with Gasteiger partial charge in [0.25, 0.3) is 0 Å². The Kier molecular flexibility index (Phi) is 1.85. The van der Waals surface area contributed by atoms with Gasteiger partial charge in [-0.15, -0.1) is 0 Å². The fourth-order valence-electron chi connectivity index (χ4n) is 0.474. The van der Waals surface area contributed by atoms with Crippen molar-refractivity contribution >= 4 is 3.27 Å². The molecule has 0 unspecified atom stereocenters. The summed E-state index contributed by atoms with van der Waals surface area (Å²) in [5.74, 6) is 0.408. The summed E-state index contributed by atoms with van der Waals surface area (Å²) in [5, 5.41) is 8.94. The van der Waals surface area contributed by atoms with E-state index in [1.54, 1.807) is 6.07 Å². The van der Waals surface area contributed by atoms with Crippen LogP contribution in [0.5, 0.6) is 5.75 Å². The Morgan fingerprint density at radius 1 is 1.25 bits per heavy atom. The first kappa shape index (κ1) is 6.03. The molecule has 0 aliphatic carbocycles. The van der Waals surface area contributed by atoms with Crippen LogP contribution < -0.4 is 3.27 Å². The Morgan fingerprint density at radius 2 is 1.88 bits per heavy atom. The van der Waals surface area contributed by atoms with E-state index in [0.29, 0.717) is 5.75 Å². The predicted molar refractivity (Wildman–Crippen MR) is 27.7 cm³/mol. The molecule has 0 saturated carbocycles. The SMILES string of the molecule is Oc1cccc[c]1[Zr]. The molecule has 0 aliphatic rings. The summed E-state index contributed by atoms with van der Waals surface area (Å²) in [6, 6.07) is 7.35. The molecule has 2 heteroatoms. The number of rotatable bonds is 0. The fourth-order valence-corrected chi connectivity index (χ4v) is 0.915. The average molecular weight is 184 g/mol. The van der Waals surface area contributed by atoms with Gasteiger partial charge in [-0.2, -0.15) is 0 Å². The maximum absolute atomic E-state index is 8.94. The van der Waals surface area contributed by atoms with E-state index < -0.39 is 0 Å². The van der Waals surface area contributed by atoms with Crippen LogP contribution in [0.3, 0.4) is 0 Å². The number of phenolic OH excluding ortho intramolecular Hbond substituents is 1. The maximum atomic E-state index is 8.94. The molecule has 0 aromatic heterocycles. The third-order valence-corrected chi connectivity index (χ3v) is 1.94. The van der Waals surface area contributed by atoms with Crippen LogP contribution >= 0.6 is 0 Å². The zero-order valence-corrected chi connectivity index (χ0v) is 6.71. The summed E-state index contributed by atoms with van der Waals surface area (Å²) in [6.07, 6.45) is 0. The summed E-state index contributed by atoms with van der Waals surface area (Å²) in [7, 11) is 0. The molecule has 39 valence electrons. The molecule has 1 aromatic carbocycles. The first-order valence-corrected chi connectivity index (χ1v) is 3.53. The molecule has 1 rings (SSSR count). The van der Waals surface area contributed by atoms with E-state index in [1.807, 2.05) is 18.2 Å². The fraction of sp³-hybridized carbons (Fsp3) is 0. The Labute approximate surface area is 63.2 Å². The van der Waals surface area contributed by atoms with Crippen molar-refractivity contribution in [2.45, 2.75) is 0 Å². The monoisotopic (exact) mass is 183 g/mol. The minimum absolute atomic E-state index is 0.408. The van der Waals surface area contributed by atoms with Crippen molar-refractivity contribution in [2.75, 3.05) is 0 Å². The third kappa shape index (κ3) is 1.19. The first-order valence-electron chi connectivity index (χ1n) is 2.30. The number of hydrogen-bond acceptors (Lipinski definition) is 1. The molecule has 0 spiro atoms. The summed E-state index contributed by atoms with van der Waals surface area (Å²) in [4.78, 5) is 0. The summed E-state index contributed by atoms with van der Waals surface area (Å²) < 4.78 is 1.01. The van der Waals surface area contributed by atoms with Gasteiger partial charge in [-0.1, -0.05) is 0 Å². The van der Waals surface area contributed by atoms with Gasteiger partial charge >= 0.3 is 63.1 Å². The van der Waals surface area contributed by atoms with Gasteiger partial charge in [0.2, 0.25) is 0 Å². The van der Waals surface area contributed by atoms with Crippen molar-refractivity contribution in [3.8, 4) is 5.75 Å². The van der Waals surface area contributed by atoms with Crippen LogP contribution in [0.25, 0.3) is 0 Å². The second-order valence-electron chi connectivity index (χ2n) is 1.52. The van der Waals surface area contributed by atoms with Crippen molar-refractivity contribution in [1.82, 2.24) is 0 Å². The van der Waals surface area contributed by atoms with E-state index in [0.717, 1.165) is 3.27 Å². The molecule has 0 heterocycles. The van der Waals surface area contributed by atoms with Crippen molar-refractivity contribution in [1.29, 1.82) is 0 Å². The molecule has 1 N–H and O–H groups in total. The number of phenols is 1. The van der Waals surface area contributed by atoms with Gasteiger partial charge in [0.15, 0.2) is 0 Å². The Balaban J connectivity index is 3.13. The van der Waals surface area contributed by atoms with Gasteiger partial charge in [0.1, 0.15) is 0 Å². The Bertz CT molecular complexity index is 165. The van der Waals surface area contributed by atoms with Crippen LogP contribution in [0.15, 0.2) is 24.3 Å². The zero-order valence-electron chi connectivity index (χ0n) is 4.26. The van der Waals surface area contributed by atoms with Crippen molar-refractivity contribution < 1.29 is 29.8 Å². The van der Waals surface area contributed by atoms with Crippen LogP contribution in [0, 0.1) is 0 Å². The second kappa shape index (κ2) is 2.45. The minimum atomic E-state index is 0.408. The second-order valence-corrected chi connectivity index (χ2v) is 2.84. The molecule has 0 amide bonds. The van der Waals surface area contributed by atoms with E-state index in [1.165, 1.54) is 24.7 Å². The molecule has 0 radical (unpaired) electrons. The van der Waals surface area contributed by atoms with Gasteiger partial charge in [-0.3, -0.25) is 0 Å². The van der Waals surface area contributed by atoms with Crippen LogP contribution in [-0.2, 0) is 24.7 Å². The molecular formula is C6H5OZr. The summed E-state index contributed by atoms with van der Waals surface area (Å²) >= 11 is 1.26. The third-order valence-electron chi connectivity index (χ3n) is 0.904. The van der Waals surface area contributed by atoms with E-state index in [9.17, 15) is 0 Å². The van der Waals surface area contributed by atoms with Crippen molar-refractivity contribution in [2.24, 2.45) is 0 Å². The van der Waals surface area contributed by atoms with Crippen LogP contribution in [0.4, 0.5) is 0 Å². The number of aromatic hydroxyl groups is 1. The van der Waals surface area contributed by atoms with Crippen LogP contribution in [0.1, 0.15) is 0 Å². The van der Waals surface area contributed by atoms with E-state index >= 15 is 0 Å². The van der Waals surface area contributed by atoms with E-state index in [2.05, 4.69) is 0 Å². The summed E-state index contributed by atoms with van der Waals surface area (Å²) in [6.45, 7) is 0. The van der Waals surface area contributed by atoms with E-state index in [4.69, 9.17) is 5.11 Å². The molecular weight excluding hydrogens is 179 g/mol. The van der Waals surface area contributed by atoms with E-state index in [-0.39, 0.29) is 0 Å². The molecule has 0 saturated heterocycles.